The van der Waals surface area contributed by atoms with Crippen LogP contribution >= 0.6 is 15.9 Å². The van der Waals surface area contributed by atoms with Crippen molar-refractivity contribution in [1.82, 2.24) is 0 Å². The van der Waals surface area contributed by atoms with Gasteiger partial charge in [-0.1, -0.05) is 28.1 Å². The standard InChI is InChI=1S/C15H15BrFNO/c1-9-5-10(2)15(14(18)6-9)19-8-11-3-4-12(16)7-13(11)17/h3-7H,8,18H2,1-2H3. The van der Waals surface area contributed by atoms with Gasteiger partial charge in [-0.15, -0.1) is 0 Å². The summed E-state index contributed by atoms with van der Waals surface area (Å²) in [5, 5.41) is 0. The van der Waals surface area contributed by atoms with Crippen molar-refractivity contribution in [2.75, 3.05) is 5.73 Å². The highest BCUT2D eigenvalue weighted by Gasteiger charge is 2.08. The quantitative estimate of drug-likeness (QED) is 0.851. The number of ether oxygens (including phenoxy) is 1. The van der Waals surface area contributed by atoms with Gasteiger partial charge in [0.15, 0.2) is 0 Å². The highest BCUT2D eigenvalue weighted by Crippen LogP contribution is 2.28. The van der Waals surface area contributed by atoms with Gasteiger partial charge in [0.2, 0.25) is 0 Å². The molecular weight excluding hydrogens is 309 g/mol. The van der Waals surface area contributed by atoms with Crippen LogP contribution in [0.15, 0.2) is 34.8 Å². The lowest BCUT2D eigenvalue weighted by atomic mass is 10.1. The summed E-state index contributed by atoms with van der Waals surface area (Å²) in [6.07, 6.45) is 0. The first kappa shape index (κ1) is 13.9. The van der Waals surface area contributed by atoms with Crippen molar-refractivity contribution in [3.8, 4) is 5.75 Å². The molecule has 100 valence electrons. The molecule has 0 aliphatic heterocycles. The average Bonchev–Trinajstić information content (AvgIpc) is 2.30. The minimum Gasteiger partial charge on any atom is -0.486 e. The maximum atomic E-state index is 13.7. The van der Waals surface area contributed by atoms with E-state index < -0.39 is 0 Å². The average molecular weight is 324 g/mol. The van der Waals surface area contributed by atoms with Gasteiger partial charge in [-0.2, -0.15) is 0 Å². The molecule has 0 atom stereocenters. The van der Waals surface area contributed by atoms with E-state index >= 15 is 0 Å². The Morgan fingerprint density at radius 3 is 2.58 bits per heavy atom. The van der Waals surface area contributed by atoms with Crippen molar-refractivity contribution in [3.05, 3.63) is 57.3 Å². The first-order valence-corrected chi connectivity index (χ1v) is 6.70. The number of nitrogens with two attached hydrogens (primary N) is 1. The zero-order valence-corrected chi connectivity index (χ0v) is 12.4. The highest BCUT2D eigenvalue weighted by molar-refractivity contribution is 9.10. The van der Waals surface area contributed by atoms with Crippen LogP contribution in [0.4, 0.5) is 10.1 Å². The lowest BCUT2D eigenvalue weighted by Gasteiger charge is -2.13. The zero-order chi connectivity index (χ0) is 14.0. The molecule has 0 aliphatic rings. The van der Waals surface area contributed by atoms with Gasteiger partial charge in [0.25, 0.3) is 0 Å². The van der Waals surface area contributed by atoms with E-state index in [-0.39, 0.29) is 12.4 Å². The van der Waals surface area contributed by atoms with Gasteiger partial charge in [-0.05, 0) is 43.2 Å². The molecule has 0 saturated carbocycles. The summed E-state index contributed by atoms with van der Waals surface area (Å²) in [7, 11) is 0. The smallest absolute Gasteiger partial charge is 0.145 e. The number of hydrogen-bond acceptors (Lipinski definition) is 2. The number of anilines is 1. The minimum absolute atomic E-state index is 0.160. The van der Waals surface area contributed by atoms with Crippen LogP contribution in [0, 0.1) is 19.7 Å². The fourth-order valence-electron chi connectivity index (χ4n) is 1.97. The van der Waals surface area contributed by atoms with Crippen molar-refractivity contribution < 1.29 is 9.13 Å². The Balaban J connectivity index is 2.19. The molecule has 0 unspecified atom stereocenters. The lowest BCUT2D eigenvalue weighted by molar-refractivity contribution is 0.299. The normalized spacial score (nSPS) is 10.5. The minimum atomic E-state index is -0.294. The lowest BCUT2D eigenvalue weighted by Crippen LogP contribution is -2.03. The molecule has 2 aromatic rings. The van der Waals surface area contributed by atoms with Crippen LogP contribution in [0.1, 0.15) is 16.7 Å². The van der Waals surface area contributed by atoms with Gasteiger partial charge >= 0.3 is 0 Å². The zero-order valence-electron chi connectivity index (χ0n) is 10.8. The Morgan fingerprint density at radius 1 is 1.21 bits per heavy atom. The van der Waals surface area contributed by atoms with Crippen molar-refractivity contribution >= 4 is 21.6 Å². The molecule has 0 radical (unpaired) electrons. The highest BCUT2D eigenvalue weighted by atomic mass is 79.9. The summed E-state index contributed by atoms with van der Waals surface area (Å²) in [4.78, 5) is 0. The Kier molecular flexibility index (Phi) is 4.10. The molecule has 2 aromatic carbocycles. The third-order valence-electron chi connectivity index (χ3n) is 2.83. The SMILES string of the molecule is Cc1cc(C)c(OCc2ccc(Br)cc2F)c(N)c1. The van der Waals surface area contributed by atoms with Crippen molar-refractivity contribution in [2.24, 2.45) is 0 Å². The van der Waals surface area contributed by atoms with E-state index in [1.165, 1.54) is 6.07 Å². The summed E-state index contributed by atoms with van der Waals surface area (Å²) < 4.78 is 20.0. The fourth-order valence-corrected chi connectivity index (χ4v) is 2.31. The van der Waals surface area contributed by atoms with Crippen LogP contribution in [-0.4, -0.2) is 0 Å². The van der Waals surface area contributed by atoms with Gasteiger partial charge in [-0.25, -0.2) is 4.39 Å². The monoisotopic (exact) mass is 323 g/mol. The molecule has 2 nitrogen and oxygen atoms in total. The third-order valence-corrected chi connectivity index (χ3v) is 3.33. The molecule has 0 aliphatic carbocycles. The number of hydrogen-bond donors (Lipinski definition) is 1. The van der Waals surface area contributed by atoms with Gasteiger partial charge in [0.1, 0.15) is 18.2 Å². The molecular formula is C15H15BrFNO. The molecule has 0 heterocycles. The summed E-state index contributed by atoms with van der Waals surface area (Å²) in [5.41, 5.74) is 9.04. The maximum absolute atomic E-state index is 13.7. The Bertz CT molecular complexity index is 590. The molecule has 19 heavy (non-hydrogen) atoms. The maximum Gasteiger partial charge on any atom is 0.145 e. The van der Waals surface area contributed by atoms with Gasteiger partial charge in [0.05, 0.1) is 5.69 Å². The van der Waals surface area contributed by atoms with Crippen LogP contribution in [0.25, 0.3) is 0 Å². The van der Waals surface area contributed by atoms with E-state index in [2.05, 4.69) is 15.9 Å². The first-order chi connectivity index (χ1) is 8.97. The molecule has 0 spiro atoms. The summed E-state index contributed by atoms with van der Waals surface area (Å²) >= 11 is 3.22. The number of aryl methyl sites for hydroxylation is 2. The fraction of sp³-hybridized carbons (Fsp3) is 0.200. The van der Waals surface area contributed by atoms with E-state index in [9.17, 15) is 4.39 Å². The molecule has 2 N–H and O–H groups in total. The van der Waals surface area contributed by atoms with Crippen molar-refractivity contribution in [1.29, 1.82) is 0 Å². The number of rotatable bonds is 3. The van der Waals surface area contributed by atoms with Crippen LogP contribution in [0.2, 0.25) is 0 Å². The summed E-state index contributed by atoms with van der Waals surface area (Å²) in [5.74, 6) is 0.325. The predicted molar refractivity (Wildman–Crippen MR) is 78.8 cm³/mol. The molecule has 0 aromatic heterocycles. The first-order valence-electron chi connectivity index (χ1n) is 5.91. The Labute approximate surface area is 120 Å². The van der Waals surface area contributed by atoms with Crippen LogP contribution < -0.4 is 10.5 Å². The molecule has 0 fully saturated rings. The third kappa shape index (κ3) is 3.26. The van der Waals surface area contributed by atoms with E-state index in [0.29, 0.717) is 21.5 Å². The number of halogens is 2. The second kappa shape index (κ2) is 5.61. The van der Waals surface area contributed by atoms with E-state index in [1.807, 2.05) is 26.0 Å². The molecule has 4 heteroatoms. The number of benzene rings is 2. The van der Waals surface area contributed by atoms with E-state index in [0.717, 1.165) is 11.1 Å². The second-order valence-electron chi connectivity index (χ2n) is 4.52. The van der Waals surface area contributed by atoms with Gasteiger partial charge in [-0.3, -0.25) is 0 Å². The van der Waals surface area contributed by atoms with E-state index in [1.54, 1.807) is 12.1 Å². The Morgan fingerprint density at radius 2 is 1.95 bits per heavy atom. The van der Waals surface area contributed by atoms with Gasteiger partial charge in [0, 0.05) is 10.0 Å². The topological polar surface area (TPSA) is 35.2 Å². The molecule has 0 bridgehead atoms. The molecule has 0 saturated heterocycles. The van der Waals surface area contributed by atoms with E-state index in [4.69, 9.17) is 10.5 Å². The Hall–Kier alpha value is -1.55. The van der Waals surface area contributed by atoms with Crippen molar-refractivity contribution in [2.45, 2.75) is 20.5 Å². The molecule has 2 rings (SSSR count). The second-order valence-corrected chi connectivity index (χ2v) is 5.44. The summed E-state index contributed by atoms with van der Waals surface area (Å²) in [6.45, 7) is 4.06. The predicted octanol–water partition coefficient (Wildman–Crippen LogP) is 4.37. The van der Waals surface area contributed by atoms with Crippen molar-refractivity contribution in [3.63, 3.8) is 0 Å². The summed E-state index contributed by atoms with van der Waals surface area (Å²) in [6, 6.07) is 8.74. The largest absolute Gasteiger partial charge is 0.486 e. The van der Waals surface area contributed by atoms with Crippen LogP contribution in [0.5, 0.6) is 5.75 Å². The van der Waals surface area contributed by atoms with Gasteiger partial charge < -0.3 is 10.5 Å². The number of nitrogen functional groups attached to an aromatic ring is 1. The molecule has 0 amide bonds. The van der Waals surface area contributed by atoms with Crippen LogP contribution in [-0.2, 0) is 6.61 Å². The van der Waals surface area contributed by atoms with Crippen LogP contribution in [0.3, 0.4) is 0 Å².